The van der Waals surface area contributed by atoms with Gasteiger partial charge in [-0.15, -0.1) is 0 Å². The molecular weight excluding hydrogens is 1270 g/mol. The predicted molar refractivity (Wildman–Crippen MR) is 369 cm³/mol. The summed E-state index contributed by atoms with van der Waals surface area (Å²) in [5.41, 5.74) is 1.06. The maximum Gasteiger partial charge on any atom is 0.281 e. The van der Waals surface area contributed by atoms with Gasteiger partial charge in [0.25, 0.3) is 23.6 Å². The largest absolute Gasteiger partial charge is 0.507 e. The van der Waals surface area contributed by atoms with E-state index in [0.717, 1.165) is 24.3 Å². The van der Waals surface area contributed by atoms with Crippen molar-refractivity contribution < 1.29 is 80.9 Å². The molecular formula is C80H60N4O16. The van der Waals surface area contributed by atoms with Gasteiger partial charge in [0.15, 0.2) is 0 Å². The van der Waals surface area contributed by atoms with Gasteiger partial charge >= 0.3 is 0 Å². The second-order valence-electron chi connectivity index (χ2n) is 23.9. The molecule has 12 aromatic carbocycles. The number of carbonyl (C=O) groups is 4. The average molecular weight is 1330 g/mol. The Labute approximate surface area is 570 Å². The molecule has 1 aliphatic rings. The zero-order valence-electron chi connectivity index (χ0n) is 52.5. The molecule has 0 saturated carbocycles. The van der Waals surface area contributed by atoms with Gasteiger partial charge in [0.05, 0.1) is 22.7 Å². The first kappa shape index (κ1) is 65.4. The number of phenolic OH excluding ortho intramolecular Hbond substituents is 8. The summed E-state index contributed by atoms with van der Waals surface area (Å²) in [7, 11) is 0. The van der Waals surface area contributed by atoms with E-state index < -0.39 is 93.3 Å². The zero-order valence-corrected chi connectivity index (χ0v) is 52.5. The Morgan fingerprint density at radius 1 is 0.210 bits per heavy atom. The summed E-state index contributed by atoms with van der Waals surface area (Å²) in [6.45, 7) is 0. The molecule has 12 aromatic rings. The van der Waals surface area contributed by atoms with E-state index in [9.17, 15) is 80.9 Å². The number of carbonyl (C=O) groups excluding carboxylic acids is 4. The van der Waals surface area contributed by atoms with Crippen LogP contribution >= 0.6 is 0 Å². The van der Waals surface area contributed by atoms with Crippen LogP contribution < -0.4 is 20.3 Å². The Morgan fingerprint density at radius 3 is 0.510 bits per heavy atom. The van der Waals surface area contributed by atoms with Crippen molar-refractivity contribution in [2.75, 3.05) is 20.3 Å². The Hall–Kier alpha value is -13.2. The fourth-order valence-electron chi connectivity index (χ4n) is 12.9. The van der Waals surface area contributed by atoms with E-state index in [0.29, 0.717) is 20.3 Å². The van der Waals surface area contributed by atoms with E-state index in [-0.39, 0.29) is 112 Å². The Morgan fingerprint density at radius 2 is 0.360 bits per heavy atom. The molecule has 1 aliphatic carbocycles. The minimum absolute atomic E-state index is 0.0143. The third kappa shape index (κ3) is 12.4. The summed E-state index contributed by atoms with van der Waals surface area (Å²) in [4.78, 5) is 55.8. The van der Waals surface area contributed by atoms with E-state index in [2.05, 4.69) is 0 Å². The first-order valence-corrected chi connectivity index (χ1v) is 31.2. The first-order chi connectivity index (χ1) is 48.2. The summed E-state index contributed by atoms with van der Waals surface area (Å²) >= 11 is 0. The van der Waals surface area contributed by atoms with Gasteiger partial charge in [0.1, 0.15) is 46.0 Å². The summed E-state index contributed by atoms with van der Waals surface area (Å²) < 4.78 is 0. The van der Waals surface area contributed by atoms with Crippen LogP contribution in [0.5, 0.6) is 46.0 Å². The molecule has 12 N–H and O–H groups in total. The number of aromatic hydroxyl groups is 8. The maximum atomic E-state index is 14.0. The number of hydrogen-bond acceptors (Lipinski definition) is 16. The van der Waals surface area contributed by atoms with Gasteiger partial charge in [0, 0.05) is 115 Å². The van der Waals surface area contributed by atoms with Crippen LogP contribution in [-0.4, -0.2) is 85.3 Å². The van der Waals surface area contributed by atoms with E-state index in [1.807, 2.05) is 0 Å². The van der Waals surface area contributed by atoms with E-state index in [1.54, 1.807) is 72.8 Å². The molecule has 100 heavy (non-hydrogen) atoms. The number of hydrogen-bond donors (Lipinski definition) is 12. The molecule has 0 unspecified atom stereocenters. The Bertz CT molecular complexity index is 4350. The molecule has 0 fully saturated rings. The van der Waals surface area contributed by atoms with E-state index in [4.69, 9.17) is 0 Å². The van der Waals surface area contributed by atoms with Crippen molar-refractivity contribution in [3.05, 3.63) is 356 Å². The van der Waals surface area contributed by atoms with Crippen molar-refractivity contribution in [2.24, 2.45) is 0 Å². The molecule has 4 amide bonds. The molecule has 0 radical (unpaired) electrons. The van der Waals surface area contributed by atoms with E-state index in [1.165, 1.54) is 170 Å². The van der Waals surface area contributed by atoms with Gasteiger partial charge in [-0.2, -0.15) is 20.3 Å². The molecule has 0 aromatic heterocycles. The Kier molecular flexibility index (Phi) is 17.7. The SMILES string of the molecule is O=C(c1ccc(C2c3cc(c(O)cc3O)C(c3ccc(C(=O)N(O)c4ccccc4)cc3)c3cc(c(O)cc3O)C(c3ccc(C(=O)N(O)c4ccccc4)cc3)c3cc(c(O)cc3O)C(c3ccc(C(=O)N(O)c4ccccc4)cc3)c3cc2c(O)cc3O)cc1)N(O)c1ccccc1. The number of fused-ring (bicyclic) bond motifs is 8. The summed E-state index contributed by atoms with van der Waals surface area (Å²) in [5.74, 6) is -13.5. The molecule has 20 nitrogen and oxygen atoms in total. The van der Waals surface area contributed by atoms with Crippen molar-refractivity contribution in [3.63, 3.8) is 0 Å². The number of benzene rings is 12. The standard InChI is InChI=1S/C80H60N4O16/c85-65-41-67(87)59-37-57(65)73(45-21-29-49(30-22-45)77(93)81(97)53-13-5-1-6-14-53)58-38-60(68(88)42-66(58)86)75(47-25-33-51(34-26-47)79(95)83(99)55-17-9-3-10-18-55)62-40-64(72(92)44-70(62)90)76(48-27-35-52(36-28-48)80(96)84(100)56-19-11-4-12-20-56)63-39-61(69(89)43-71(63)91)74(59)46-23-31-50(32-24-46)78(94)82(98)54-15-7-2-8-16-54/h1-44,73-76,85-92,97-100H. The number of anilines is 4. The van der Waals surface area contributed by atoms with Crippen LogP contribution in [0.1, 0.15) is 132 Å². The lowest BCUT2D eigenvalue weighted by atomic mass is 9.75. The van der Waals surface area contributed by atoms with Gasteiger partial charge in [0.2, 0.25) is 0 Å². The van der Waals surface area contributed by atoms with Gasteiger partial charge in [-0.25, -0.2) is 0 Å². The first-order valence-electron chi connectivity index (χ1n) is 31.2. The van der Waals surface area contributed by atoms with E-state index >= 15 is 0 Å². The molecule has 0 atom stereocenters. The molecule has 20 heteroatoms. The number of nitrogens with zero attached hydrogens (tertiary/aromatic N) is 4. The molecule has 496 valence electrons. The van der Waals surface area contributed by atoms with Crippen LogP contribution in [0.15, 0.2) is 267 Å². The molecule has 13 rings (SSSR count). The third-order valence-electron chi connectivity index (χ3n) is 17.9. The van der Waals surface area contributed by atoms with Crippen LogP contribution in [0.4, 0.5) is 22.7 Å². The smallest absolute Gasteiger partial charge is 0.281 e. The van der Waals surface area contributed by atoms with Gasteiger partial charge in [-0.3, -0.25) is 40.0 Å². The van der Waals surface area contributed by atoms with Crippen molar-refractivity contribution >= 4 is 46.4 Å². The molecule has 0 spiro atoms. The maximum absolute atomic E-state index is 14.0. The van der Waals surface area contributed by atoms with Crippen molar-refractivity contribution in [1.29, 1.82) is 0 Å². The monoisotopic (exact) mass is 1330 g/mol. The molecule has 8 bridgehead atoms. The van der Waals surface area contributed by atoms with Crippen LogP contribution in [0, 0.1) is 0 Å². The quantitative estimate of drug-likeness (QED) is 0.0399. The number of rotatable bonds is 12. The van der Waals surface area contributed by atoms with Crippen molar-refractivity contribution in [3.8, 4) is 46.0 Å². The minimum atomic E-state index is -1.39. The molecule has 0 heterocycles. The number of hydroxylamine groups is 4. The minimum Gasteiger partial charge on any atom is -0.507 e. The lowest BCUT2D eigenvalue weighted by Gasteiger charge is -2.30. The van der Waals surface area contributed by atoms with Gasteiger partial charge < -0.3 is 40.9 Å². The van der Waals surface area contributed by atoms with Crippen LogP contribution in [0.25, 0.3) is 0 Å². The van der Waals surface area contributed by atoms with Gasteiger partial charge in [-0.05, 0) is 144 Å². The highest BCUT2D eigenvalue weighted by atomic mass is 16.5. The topological polar surface area (TPSA) is 324 Å². The second kappa shape index (κ2) is 27.1. The molecule has 0 saturated heterocycles. The normalized spacial score (nSPS) is 14.7. The highest BCUT2D eigenvalue weighted by Crippen LogP contribution is 2.54. The second-order valence-corrected chi connectivity index (χ2v) is 23.9. The van der Waals surface area contributed by atoms with Crippen molar-refractivity contribution in [2.45, 2.75) is 23.7 Å². The lowest BCUT2D eigenvalue weighted by Crippen LogP contribution is -2.26. The molecule has 0 aliphatic heterocycles. The highest BCUT2D eigenvalue weighted by molar-refractivity contribution is 6.06. The van der Waals surface area contributed by atoms with Crippen LogP contribution in [-0.2, 0) is 0 Å². The number of amides is 4. The summed E-state index contributed by atoms with van der Waals surface area (Å²) in [5, 5.41) is 146. The van der Waals surface area contributed by atoms with Crippen LogP contribution in [0.3, 0.4) is 0 Å². The summed E-state index contributed by atoms with van der Waals surface area (Å²) in [6.07, 6.45) is 0. The highest BCUT2D eigenvalue weighted by Gasteiger charge is 2.36. The Balaban J connectivity index is 1.08. The zero-order chi connectivity index (χ0) is 70.2. The van der Waals surface area contributed by atoms with Crippen LogP contribution in [0.2, 0.25) is 0 Å². The summed E-state index contributed by atoms with van der Waals surface area (Å²) in [6, 6.07) is 64.8. The average Bonchev–Trinajstić information content (AvgIpc) is 0.741. The fourth-order valence-corrected chi connectivity index (χ4v) is 12.9. The third-order valence-corrected chi connectivity index (χ3v) is 17.9. The number of para-hydroxylation sites is 4. The lowest BCUT2D eigenvalue weighted by molar-refractivity contribution is 0.0849. The van der Waals surface area contributed by atoms with Crippen molar-refractivity contribution in [1.82, 2.24) is 0 Å². The predicted octanol–water partition coefficient (Wildman–Crippen LogP) is 14.5. The van der Waals surface area contributed by atoms with Gasteiger partial charge in [-0.1, -0.05) is 121 Å². The number of phenols is 8. The fraction of sp³-hybridized carbons (Fsp3) is 0.0500.